The number of hydrogen-bond acceptors (Lipinski definition) is 2. The van der Waals surface area contributed by atoms with Crippen LogP contribution in [-0.2, 0) is 9.59 Å². The lowest BCUT2D eigenvalue weighted by Crippen LogP contribution is -2.35. The maximum absolute atomic E-state index is 10.9. The Hall–Kier alpha value is -1.32. The van der Waals surface area contributed by atoms with Gasteiger partial charge in [0.15, 0.2) is 0 Å². The van der Waals surface area contributed by atoms with Crippen molar-refractivity contribution in [2.45, 2.75) is 13.3 Å². The molecule has 0 aromatic rings. The number of hydrogen-bond donors (Lipinski definition) is 1. The predicted molar refractivity (Wildman–Crippen MR) is 42.6 cm³/mol. The number of nitrogens with zero attached hydrogens (tertiary/aromatic N) is 1. The van der Waals surface area contributed by atoms with Gasteiger partial charge in [-0.3, -0.25) is 4.79 Å². The van der Waals surface area contributed by atoms with Crippen LogP contribution in [0.5, 0.6) is 0 Å². The van der Waals surface area contributed by atoms with Gasteiger partial charge < -0.3 is 10.0 Å². The monoisotopic (exact) mass is 169 g/mol. The van der Waals surface area contributed by atoms with Crippen LogP contribution in [-0.4, -0.2) is 35.0 Å². The summed E-state index contributed by atoms with van der Waals surface area (Å²) in [6, 6.07) is 0. The minimum absolute atomic E-state index is 0.0677. The summed E-state index contributed by atoms with van der Waals surface area (Å²) >= 11 is 0. The van der Waals surface area contributed by atoms with Crippen LogP contribution in [0, 0.1) is 0 Å². The van der Waals surface area contributed by atoms with Gasteiger partial charge in [-0.15, -0.1) is 0 Å². The molecule has 4 nitrogen and oxygen atoms in total. The molecule has 0 saturated heterocycles. The Morgan fingerprint density at radius 2 is 2.25 bits per heavy atom. The highest BCUT2D eigenvalue weighted by atomic mass is 16.4. The minimum Gasteiger partial charge on any atom is -0.478 e. The molecule has 4 heteroatoms. The fraction of sp³-hybridized carbons (Fsp3) is 0.500. The molecule has 12 heavy (non-hydrogen) atoms. The summed E-state index contributed by atoms with van der Waals surface area (Å²) in [5, 5.41) is 8.63. The van der Waals surface area contributed by atoms with Gasteiger partial charge in [0.2, 0.25) is 5.91 Å². The van der Waals surface area contributed by atoms with E-state index >= 15 is 0 Å². The van der Waals surface area contributed by atoms with Crippen LogP contribution in [0.2, 0.25) is 0 Å². The second-order valence-electron chi connectivity index (χ2n) is 2.76. The SMILES string of the molecule is CC(=O)N1CCC=C(C(=O)O)C1. The van der Waals surface area contributed by atoms with Crippen LogP contribution in [0.1, 0.15) is 13.3 Å². The molecule has 0 bridgehead atoms. The summed E-state index contributed by atoms with van der Waals surface area (Å²) in [6.45, 7) is 2.32. The maximum Gasteiger partial charge on any atom is 0.333 e. The van der Waals surface area contributed by atoms with E-state index in [1.807, 2.05) is 0 Å². The average molecular weight is 169 g/mol. The van der Waals surface area contributed by atoms with Crippen LogP contribution < -0.4 is 0 Å². The molecule has 0 aromatic heterocycles. The van der Waals surface area contributed by atoms with Gasteiger partial charge in [-0.25, -0.2) is 4.79 Å². The standard InChI is InChI=1S/C8H11NO3/c1-6(10)9-4-2-3-7(5-9)8(11)12/h3H,2,4-5H2,1H3,(H,11,12). The van der Waals surface area contributed by atoms with Crippen LogP contribution in [0.25, 0.3) is 0 Å². The van der Waals surface area contributed by atoms with E-state index in [9.17, 15) is 9.59 Å². The van der Waals surface area contributed by atoms with Gasteiger partial charge in [0.25, 0.3) is 0 Å². The molecular formula is C8H11NO3. The first kappa shape index (κ1) is 8.77. The predicted octanol–water partition coefficient (Wildman–Crippen LogP) is 0.250. The van der Waals surface area contributed by atoms with E-state index in [0.29, 0.717) is 18.5 Å². The number of aliphatic carboxylic acids is 1. The highest BCUT2D eigenvalue weighted by molar-refractivity contribution is 5.88. The van der Waals surface area contributed by atoms with Crippen molar-refractivity contribution < 1.29 is 14.7 Å². The lowest BCUT2D eigenvalue weighted by atomic mass is 10.1. The van der Waals surface area contributed by atoms with Gasteiger partial charge in [-0.05, 0) is 6.42 Å². The molecule has 0 aliphatic carbocycles. The van der Waals surface area contributed by atoms with Gasteiger partial charge in [-0.1, -0.05) is 6.08 Å². The largest absolute Gasteiger partial charge is 0.478 e. The first-order valence-corrected chi connectivity index (χ1v) is 3.79. The van der Waals surface area contributed by atoms with Crippen LogP contribution in [0.4, 0.5) is 0 Å². The molecule has 1 N–H and O–H groups in total. The Morgan fingerprint density at radius 3 is 2.75 bits per heavy atom. The Labute approximate surface area is 70.5 Å². The highest BCUT2D eigenvalue weighted by Crippen LogP contribution is 2.09. The number of carboxylic acid groups (broad SMARTS) is 1. The van der Waals surface area contributed by atoms with Crippen molar-refractivity contribution in [3.05, 3.63) is 11.6 Å². The average Bonchev–Trinajstić information content (AvgIpc) is 2.04. The normalized spacial score (nSPS) is 17.1. The molecule has 1 aliphatic heterocycles. The van der Waals surface area contributed by atoms with Crippen LogP contribution in [0.15, 0.2) is 11.6 Å². The zero-order valence-corrected chi connectivity index (χ0v) is 6.91. The highest BCUT2D eigenvalue weighted by Gasteiger charge is 2.18. The maximum atomic E-state index is 10.9. The molecule has 1 amide bonds. The number of rotatable bonds is 1. The first-order valence-electron chi connectivity index (χ1n) is 3.79. The molecule has 1 aliphatic rings. The third-order valence-electron chi connectivity index (χ3n) is 1.87. The van der Waals surface area contributed by atoms with Gasteiger partial charge in [0.1, 0.15) is 0 Å². The van der Waals surface area contributed by atoms with E-state index in [0.717, 1.165) is 0 Å². The van der Waals surface area contributed by atoms with Crippen molar-refractivity contribution in [1.29, 1.82) is 0 Å². The van der Waals surface area contributed by atoms with E-state index in [-0.39, 0.29) is 12.5 Å². The zero-order chi connectivity index (χ0) is 9.14. The molecule has 0 atom stereocenters. The summed E-state index contributed by atoms with van der Waals surface area (Å²) in [7, 11) is 0. The molecule has 1 heterocycles. The molecule has 0 unspecified atom stereocenters. The molecule has 1 rings (SSSR count). The minimum atomic E-state index is -0.930. The van der Waals surface area contributed by atoms with E-state index in [1.54, 1.807) is 6.08 Å². The van der Waals surface area contributed by atoms with E-state index in [2.05, 4.69) is 0 Å². The smallest absolute Gasteiger partial charge is 0.333 e. The fourth-order valence-electron chi connectivity index (χ4n) is 1.17. The lowest BCUT2D eigenvalue weighted by molar-refractivity contribution is -0.133. The van der Waals surface area contributed by atoms with Gasteiger partial charge >= 0.3 is 5.97 Å². The van der Waals surface area contributed by atoms with Crippen LogP contribution in [0.3, 0.4) is 0 Å². The van der Waals surface area contributed by atoms with Crippen molar-refractivity contribution in [2.24, 2.45) is 0 Å². The lowest BCUT2D eigenvalue weighted by Gasteiger charge is -2.24. The molecule has 0 aromatic carbocycles. The van der Waals surface area contributed by atoms with Crippen molar-refractivity contribution in [3.8, 4) is 0 Å². The Balaban J connectivity index is 2.65. The quantitative estimate of drug-likeness (QED) is 0.612. The van der Waals surface area contributed by atoms with Gasteiger partial charge in [-0.2, -0.15) is 0 Å². The summed E-state index contributed by atoms with van der Waals surface area (Å²) in [5.74, 6) is -0.997. The second-order valence-corrected chi connectivity index (χ2v) is 2.76. The third kappa shape index (κ3) is 1.84. The Morgan fingerprint density at radius 1 is 1.58 bits per heavy atom. The van der Waals surface area contributed by atoms with Gasteiger partial charge in [0.05, 0.1) is 12.1 Å². The first-order chi connectivity index (χ1) is 5.61. The van der Waals surface area contributed by atoms with E-state index in [1.165, 1.54) is 11.8 Å². The van der Waals surface area contributed by atoms with E-state index < -0.39 is 5.97 Å². The fourth-order valence-corrected chi connectivity index (χ4v) is 1.17. The van der Waals surface area contributed by atoms with Crippen molar-refractivity contribution in [1.82, 2.24) is 4.90 Å². The molecule has 0 saturated carbocycles. The summed E-state index contributed by atoms with van der Waals surface area (Å²) in [6.07, 6.45) is 2.31. The molecule has 0 fully saturated rings. The summed E-state index contributed by atoms with van der Waals surface area (Å²) in [4.78, 5) is 22.9. The van der Waals surface area contributed by atoms with E-state index in [4.69, 9.17) is 5.11 Å². The number of carbonyl (C=O) groups is 2. The third-order valence-corrected chi connectivity index (χ3v) is 1.87. The Kier molecular flexibility index (Phi) is 2.47. The number of amides is 1. The molecule has 66 valence electrons. The molecular weight excluding hydrogens is 158 g/mol. The number of carboxylic acids is 1. The molecule has 0 spiro atoms. The van der Waals surface area contributed by atoms with Crippen molar-refractivity contribution >= 4 is 11.9 Å². The van der Waals surface area contributed by atoms with Crippen molar-refractivity contribution in [2.75, 3.05) is 13.1 Å². The van der Waals surface area contributed by atoms with Crippen LogP contribution >= 0.6 is 0 Å². The summed E-state index contributed by atoms with van der Waals surface area (Å²) in [5.41, 5.74) is 0.316. The topological polar surface area (TPSA) is 57.6 Å². The summed E-state index contributed by atoms with van der Waals surface area (Å²) < 4.78 is 0. The Bertz CT molecular complexity index is 245. The van der Waals surface area contributed by atoms with Gasteiger partial charge in [0, 0.05) is 13.5 Å². The molecule has 0 radical (unpaired) electrons. The zero-order valence-electron chi connectivity index (χ0n) is 6.91. The number of carbonyl (C=O) groups excluding carboxylic acids is 1. The van der Waals surface area contributed by atoms with Crippen molar-refractivity contribution in [3.63, 3.8) is 0 Å². The second kappa shape index (κ2) is 3.38.